The zero-order chi connectivity index (χ0) is 19.3. The molecule has 1 aromatic carbocycles. The summed E-state index contributed by atoms with van der Waals surface area (Å²) in [5.74, 6) is -0.907. The quantitative estimate of drug-likeness (QED) is 0.698. The minimum Gasteiger partial charge on any atom is -0.326 e. The third-order valence-electron chi connectivity index (χ3n) is 3.47. The first kappa shape index (κ1) is 20.6. The van der Waals surface area contributed by atoms with E-state index in [4.69, 9.17) is 11.6 Å². The van der Waals surface area contributed by atoms with Gasteiger partial charge in [0.05, 0.1) is 10.6 Å². The van der Waals surface area contributed by atoms with Crippen molar-refractivity contribution in [2.45, 2.75) is 37.6 Å². The number of alkyl halides is 3. The first-order valence-corrected chi connectivity index (χ1v) is 9.15. The lowest BCUT2D eigenvalue weighted by molar-refractivity contribution is -0.137. The number of anilines is 1. The smallest absolute Gasteiger partial charge is 0.326 e. The number of nitrogens with zero attached hydrogens (tertiary/aromatic N) is 1. The van der Waals surface area contributed by atoms with Gasteiger partial charge in [-0.05, 0) is 24.6 Å². The molecule has 10 heteroatoms. The van der Waals surface area contributed by atoms with Crippen molar-refractivity contribution in [1.29, 1.82) is 0 Å². The molecule has 1 atom stereocenters. The molecule has 0 aromatic heterocycles. The molecule has 1 aromatic rings. The van der Waals surface area contributed by atoms with Gasteiger partial charge in [0.2, 0.25) is 11.8 Å². The van der Waals surface area contributed by atoms with Crippen LogP contribution in [0.15, 0.2) is 23.2 Å². The molecule has 5 nitrogen and oxygen atoms in total. The molecule has 142 valence electrons. The van der Waals surface area contributed by atoms with E-state index in [-0.39, 0.29) is 18.0 Å². The van der Waals surface area contributed by atoms with Crippen molar-refractivity contribution in [3.8, 4) is 0 Å². The van der Waals surface area contributed by atoms with Gasteiger partial charge in [0.1, 0.15) is 5.25 Å². The topological polar surface area (TPSA) is 70.6 Å². The summed E-state index contributed by atoms with van der Waals surface area (Å²) >= 11 is 6.69. The van der Waals surface area contributed by atoms with Crippen molar-refractivity contribution in [3.63, 3.8) is 0 Å². The van der Waals surface area contributed by atoms with Gasteiger partial charge < -0.3 is 10.6 Å². The van der Waals surface area contributed by atoms with Crippen LogP contribution in [0.4, 0.5) is 18.9 Å². The standard InChI is InChI=1S/C16H17ClF3N3O2S/c1-2-3-6-21-15-23-14(25)12(26-15)8-13(24)22-9-4-5-11(17)10(7-9)16(18,19)20/h4-5,7,12H,2-3,6,8H2,1H3,(H,22,24)(H,21,23,25). The van der Waals surface area contributed by atoms with Crippen LogP contribution in [-0.2, 0) is 15.8 Å². The number of rotatable bonds is 6. The van der Waals surface area contributed by atoms with Crippen LogP contribution < -0.4 is 10.6 Å². The third kappa shape index (κ3) is 5.63. The lowest BCUT2D eigenvalue weighted by atomic mass is 10.2. The van der Waals surface area contributed by atoms with Gasteiger partial charge in [0, 0.05) is 18.7 Å². The van der Waals surface area contributed by atoms with Crippen LogP contribution >= 0.6 is 23.4 Å². The van der Waals surface area contributed by atoms with Crippen LogP contribution in [0.25, 0.3) is 0 Å². The van der Waals surface area contributed by atoms with Crippen LogP contribution in [0, 0.1) is 0 Å². The molecule has 1 aliphatic rings. The summed E-state index contributed by atoms with van der Waals surface area (Å²) < 4.78 is 38.5. The minimum atomic E-state index is -4.62. The van der Waals surface area contributed by atoms with Crippen LogP contribution in [0.1, 0.15) is 31.7 Å². The maximum absolute atomic E-state index is 12.8. The first-order chi connectivity index (χ1) is 12.2. The molecular formula is C16H17ClF3N3O2S. The van der Waals surface area contributed by atoms with E-state index in [2.05, 4.69) is 15.6 Å². The molecule has 1 heterocycles. The summed E-state index contributed by atoms with van der Waals surface area (Å²) in [5.41, 5.74) is -1.07. The number of aliphatic imine (C=N–C) groups is 1. The molecule has 2 rings (SSSR count). The predicted octanol–water partition coefficient (Wildman–Crippen LogP) is 4.08. The predicted molar refractivity (Wildman–Crippen MR) is 96.4 cm³/mol. The zero-order valence-electron chi connectivity index (χ0n) is 13.8. The number of thioether (sulfide) groups is 1. The van der Waals surface area contributed by atoms with Gasteiger partial charge >= 0.3 is 6.18 Å². The second-order valence-electron chi connectivity index (χ2n) is 5.58. The Morgan fingerprint density at radius 3 is 2.81 bits per heavy atom. The lowest BCUT2D eigenvalue weighted by Gasteiger charge is -2.12. The fraction of sp³-hybridized carbons (Fsp3) is 0.438. The van der Waals surface area contributed by atoms with Gasteiger partial charge in [-0.2, -0.15) is 13.2 Å². The molecule has 0 radical (unpaired) electrons. The number of nitrogens with one attached hydrogen (secondary N) is 2. The molecule has 0 spiro atoms. The van der Waals surface area contributed by atoms with Gasteiger partial charge in [0.15, 0.2) is 5.17 Å². The molecular weight excluding hydrogens is 391 g/mol. The number of amidine groups is 1. The van der Waals surface area contributed by atoms with Crippen molar-refractivity contribution < 1.29 is 22.8 Å². The molecule has 1 aliphatic heterocycles. The number of hydrogen-bond acceptors (Lipinski definition) is 4. The van der Waals surface area contributed by atoms with Crippen molar-refractivity contribution in [1.82, 2.24) is 5.32 Å². The highest BCUT2D eigenvalue weighted by molar-refractivity contribution is 8.15. The van der Waals surface area contributed by atoms with Crippen LogP contribution in [-0.4, -0.2) is 28.8 Å². The Kier molecular flexibility index (Phi) is 6.94. The monoisotopic (exact) mass is 407 g/mol. The Balaban J connectivity index is 1.97. The van der Waals surface area contributed by atoms with E-state index in [0.29, 0.717) is 11.7 Å². The number of carbonyl (C=O) groups is 2. The Hall–Kier alpha value is -1.74. The number of carbonyl (C=O) groups excluding carboxylic acids is 2. The summed E-state index contributed by atoms with van der Waals surface area (Å²) in [6.07, 6.45) is -2.93. The molecule has 1 saturated heterocycles. The number of hydrogen-bond donors (Lipinski definition) is 2. The van der Waals surface area contributed by atoms with Crippen molar-refractivity contribution in [2.75, 3.05) is 11.9 Å². The van der Waals surface area contributed by atoms with Crippen molar-refractivity contribution in [3.05, 3.63) is 28.8 Å². The SMILES string of the molecule is CCCCN=C1NC(=O)C(CC(=O)Nc2ccc(Cl)c(C(F)(F)F)c2)S1. The van der Waals surface area contributed by atoms with E-state index in [1.54, 1.807) is 0 Å². The van der Waals surface area contributed by atoms with Crippen molar-refractivity contribution >= 4 is 46.0 Å². The van der Waals surface area contributed by atoms with Crippen LogP contribution in [0.5, 0.6) is 0 Å². The Bertz CT molecular complexity index is 725. The van der Waals surface area contributed by atoms with Crippen LogP contribution in [0.3, 0.4) is 0 Å². The Morgan fingerprint density at radius 2 is 2.15 bits per heavy atom. The highest BCUT2D eigenvalue weighted by Gasteiger charge is 2.34. The average molecular weight is 408 g/mol. The average Bonchev–Trinajstić information content (AvgIpc) is 2.88. The first-order valence-electron chi connectivity index (χ1n) is 7.89. The van der Waals surface area contributed by atoms with Gasteiger partial charge in [0.25, 0.3) is 0 Å². The summed E-state index contributed by atoms with van der Waals surface area (Å²) in [4.78, 5) is 28.2. The molecule has 0 bridgehead atoms. The van der Waals surface area contributed by atoms with Gasteiger partial charge in [-0.25, -0.2) is 0 Å². The molecule has 2 N–H and O–H groups in total. The third-order valence-corrected chi connectivity index (χ3v) is 4.92. The summed E-state index contributed by atoms with van der Waals surface area (Å²) in [6, 6.07) is 3.10. The Morgan fingerprint density at radius 1 is 1.42 bits per heavy atom. The molecule has 1 unspecified atom stereocenters. The van der Waals surface area contributed by atoms with E-state index < -0.39 is 27.9 Å². The zero-order valence-corrected chi connectivity index (χ0v) is 15.4. The maximum Gasteiger partial charge on any atom is 0.417 e. The highest BCUT2D eigenvalue weighted by Crippen LogP contribution is 2.36. The molecule has 26 heavy (non-hydrogen) atoms. The fourth-order valence-corrected chi connectivity index (χ4v) is 3.37. The van der Waals surface area contributed by atoms with E-state index in [1.807, 2.05) is 6.92 Å². The van der Waals surface area contributed by atoms with E-state index >= 15 is 0 Å². The van der Waals surface area contributed by atoms with E-state index in [9.17, 15) is 22.8 Å². The summed E-state index contributed by atoms with van der Waals surface area (Å²) in [6.45, 7) is 2.61. The Labute approximate surface area is 157 Å². The second-order valence-corrected chi connectivity index (χ2v) is 7.18. The van der Waals surface area contributed by atoms with Gasteiger partial charge in [-0.15, -0.1) is 0 Å². The number of amides is 2. The fourth-order valence-electron chi connectivity index (χ4n) is 2.15. The van der Waals surface area contributed by atoms with Gasteiger partial charge in [-0.1, -0.05) is 36.7 Å². The minimum absolute atomic E-state index is 0.0352. The molecule has 2 amide bonds. The van der Waals surface area contributed by atoms with E-state index in [1.165, 1.54) is 6.07 Å². The number of halogens is 4. The summed E-state index contributed by atoms with van der Waals surface area (Å²) in [7, 11) is 0. The lowest BCUT2D eigenvalue weighted by Crippen LogP contribution is -2.28. The molecule has 1 fully saturated rings. The molecule has 0 saturated carbocycles. The van der Waals surface area contributed by atoms with Gasteiger partial charge in [-0.3, -0.25) is 14.6 Å². The van der Waals surface area contributed by atoms with Crippen molar-refractivity contribution in [2.24, 2.45) is 4.99 Å². The summed E-state index contributed by atoms with van der Waals surface area (Å²) in [5, 5.41) is 4.31. The van der Waals surface area contributed by atoms with E-state index in [0.717, 1.165) is 36.7 Å². The normalized spacial score (nSPS) is 18.9. The maximum atomic E-state index is 12.8. The van der Waals surface area contributed by atoms with Crippen LogP contribution in [0.2, 0.25) is 5.02 Å². The number of benzene rings is 1. The largest absolute Gasteiger partial charge is 0.417 e. The highest BCUT2D eigenvalue weighted by atomic mass is 35.5. The molecule has 0 aliphatic carbocycles. The second kappa shape index (κ2) is 8.77. The number of unbranched alkanes of at least 4 members (excludes halogenated alkanes) is 1.